The van der Waals surface area contributed by atoms with Gasteiger partial charge in [0.2, 0.25) is 5.91 Å². The molecule has 3 aliphatic rings. The molecule has 2 fully saturated rings. The molecule has 0 atom stereocenters. The third kappa shape index (κ3) is 4.47. The van der Waals surface area contributed by atoms with E-state index in [0.29, 0.717) is 19.0 Å². The lowest BCUT2D eigenvalue weighted by Crippen LogP contribution is -2.45. The van der Waals surface area contributed by atoms with Crippen LogP contribution in [0.5, 0.6) is 0 Å². The first kappa shape index (κ1) is 23.4. The maximum atomic E-state index is 14.0. The largest absolute Gasteiger partial charge is 0.342 e. The van der Waals surface area contributed by atoms with Crippen LogP contribution >= 0.6 is 11.3 Å². The van der Waals surface area contributed by atoms with Crippen molar-refractivity contribution in [2.75, 3.05) is 26.2 Å². The Labute approximate surface area is 216 Å². The molecule has 36 heavy (non-hydrogen) atoms. The lowest BCUT2D eigenvalue weighted by molar-refractivity contribution is -0.136. The maximum absolute atomic E-state index is 14.0. The molecule has 0 unspecified atom stereocenters. The average molecular weight is 500 g/mol. The van der Waals surface area contributed by atoms with Crippen molar-refractivity contribution in [3.63, 3.8) is 0 Å². The van der Waals surface area contributed by atoms with E-state index in [0.717, 1.165) is 79.3 Å². The molecule has 5 nitrogen and oxygen atoms in total. The number of benzene rings is 1. The highest BCUT2D eigenvalue weighted by atomic mass is 32.1. The van der Waals surface area contributed by atoms with Gasteiger partial charge < -0.3 is 9.80 Å². The number of thiophene rings is 1. The second kappa shape index (κ2) is 10.2. The third-order valence-electron chi connectivity index (χ3n) is 8.06. The number of aromatic nitrogens is 1. The molecule has 4 heterocycles. The first-order chi connectivity index (χ1) is 17.7. The Morgan fingerprint density at radius 2 is 1.67 bits per heavy atom. The van der Waals surface area contributed by atoms with E-state index < -0.39 is 0 Å². The van der Waals surface area contributed by atoms with Crippen molar-refractivity contribution < 1.29 is 9.59 Å². The van der Waals surface area contributed by atoms with Crippen molar-refractivity contribution in [1.82, 2.24) is 14.8 Å². The molecular formula is C30H33N3O2S. The number of pyridine rings is 1. The second-order valence-corrected chi connectivity index (χ2v) is 11.3. The van der Waals surface area contributed by atoms with Gasteiger partial charge in [0, 0.05) is 42.4 Å². The summed E-state index contributed by atoms with van der Waals surface area (Å²) in [7, 11) is 0. The van der Waals surface area contributed by atoms with Crippen LogP contribution in [0.1, 0.15) is 71.4 Å². The number of carbonyl (C=O) groups excluding carboxylic acids is 2. The summed E-state index contributed by atoms with van der Waals surface area (Å²) in [6.45, 7) is 3.08. The zero-order chi connectivity index (χ0) is 24.5. The number of allylic oxidation sites excluding steroid dienone is 1. The van der Waals surface area contributed by atoms with E-state index in [1.807, 2.05) is 29.2 Å². The molecule has 2 aromatic heterocycles. The molecule has 1 aliphatic carbocycles. The fourth-order valence-electron chi connectivity index (χ4n) is 6.11. The number of nitrogens with zero attached hydrogens (tertiary/aromatic N) is 3. The zero-order valence-electron chi connectivity index (χ0n) is 20.7. The van der Waals surface area contributed by atoms with Crippen molar-refractivity contribution in [3.8, 4) is 0 Å². The predicted molar refractivity (Wildman–Crippen MR) is 146 cm³/mol. The summed E-state index contributed by atoms with van der Waals surface area (Å²) in [6, 6.07) is 12.2. The minimum Gasteiger partial charge on any atom is -0.342 e. The fraction of sp³-hybridized carbons (Fsp3) is 0.433. The van der Waals surface area contributed by atoms with Crippen molar-refractivity contribution >= 4 is 45.7 Å². The number of hydrogen-bond donors (Lipinski definition) is 0. The van der Waals surface area contributed by atoms with Gasteiger partial charge in [-0.05, 0) is 73.3 Å². The maximum Gasteiger partial charge on any atom is 0.254 e. The molecule has 2 saturated heterocycles. The topological polar surface area (TPSA) is 53.5 Å². The number of para-hydroxylation sites is 1. The van der Waals surface area contributed by atoms with E-state index >= 15 is 0 Å². The van der Waals surface area contributed by atoms with Crippen molar-refractivity contribution in [3.05, 3.63) is 63.5 Å². The van der Waals surface area contributed by atoms with Crippen molar-refractivity contribution in [1.29, 1.82) is 0 Å². The number of hydrogen-bond acceptors (Lipinski definition) is 4. The quantitative estimate of drug-likeness (QED) is 0.442. The molecular weight excluding hydrogens is 466 g/mol. The summed E-state index contributed by atoms with van der Waals surface area (Å²) in [5, 5.41) is 3.04. The zero-order valence-corrected chi connectivity index (χ0v) is 21.6. The van der Waals surface area contributed by atoms with E-state index in [9.17, 15) is 9.59 Å². The Hall–Kier alpha value is -2.99. The van der Waals surface area contributed by atoms with E-state index in [2.05, 4.69) is 28.5 Å². The third-order valence-corrected chi connectivity index (χ3v) is 8.88. The van der Waals surface area contributed by atoms with Crippen LogP contribution in [0.25, 0.3) is 22.6 Å². The monoisotopic (exact) mass is 499 g/mol. The van der Waals surface area contributed by atoms with Crippen LogP contribution < -0.4 is 0 Å². The van der Waals surface area contributed by atoms with Gasteiger partial charge in [0.25, 0.3) is 5.91 Å². The van der Waals surface area contributed by atoms with Gasteiger partial charge in [-0.15, -0.1) is 11.3 Å². The molecule has 186 valence electrons. The van der Waals surface area contributed by atoms with Crippen LogP contribution in [0.2, 0.25) is 0 Å². The van der Waals surface area contributed by atoms with E-state index in [4.69, 9.17) is 4.98 Å². The highest BCUT2D eigenvalue weighted by Crippen LogP contribution is 2.39. The summed E-state index contributed by atoms with van der Waals surface area (Å²) in [4.78, 5) is 37.5. The molecule has 0 radical (unpaired) electrons. The number of piperidine rings is 1. The normalized spacial score (nSPS) is 20.1. The molecule has 3 aromatic rings. The van der Waals surface area contributed by atoms with Gasteiger partial charge in [0.05, 0.1) is 16.8 Å². The Morgan fingerprint density at radius 3 is 2.42 bits per heavy atom. The first-order valence-corrected chi connectivity index (χ1v) is 14.3. The lowest BCUT2D eigenvalue weighted by Gasteiger charge is -2.34. The van der Waals surface area contributed by atoms with E-state index in [1.54, 1.807) is 11.3 Å². The lowest BCUT2D eigenvalue weighted by atomic mass is 9.93. The van der Waals surface area contributed by atoms with Crippen LogP contribution in [-0.2, 0) is 11.2 Å². The van der Waals surface area contributed by atoms with Gasteiger partial charge in [-0.25, -0.2) is 4.98 Å². The fourth-order valence-corrected chi connectivity index (χ4v) is 6.79. The van der Waals surface area contributed by atoms with Gasteiger partial charge in [-0.2, -0.15) is 0 Å². The average Bonchev–Trinajstić information content (AvgIpc) is 3.49. The molecule has 0 bridgehead atoms. The molecule has 0 N–H and O–H groups in total. The molecule has 6 heteroatoms. The minimum atomic E-state index is 0.0485. The second-order valence-electron chi connectivity index (χ2n) is 10.3. The Balaban J connectivity index is 1.26. The number of likely N-dealkylation sites (tertiary alicyclic amines) is 2. The van der Waals surface area contributed by atoms with Crippen LogP contribution in [0, 0.1) is 5.92 Å². The highest BCUT2D eigenvalue weighted by molar-refractivity contribution is 7.10. The van der Waals surface area contributed by atoms with Crippen LogP contribution in [0.15, 0.2) is 41.8 Å². The number of fused-ring (bicyclic) bond motifs is 2. The van der Waals surface area contributed by atoms with Crippen LogP contribution in [-0.4, -0.2) is 52.8 Å². The number of rotatable bonds is 3. The van der Waals surface area contributed by atoms with Gasteiger partial charge in [-0.1, -0.05) is 37.1 Å². The van der Waals surface area contributed by atoms with Gasteiger partial charge >= 0.3 is 0 Å². The Morgan fingerprint density at radius 1 is 0.889 bits per heavy atom. The molecule has 1 aromatic carbocycles. The van der Waals surface area contributed by atoms with Crippen LogP contribution in [0.3, 0.4) is 0 Å². The number of amides is 2. The summed E-state index contributed by atoms with van der Waals surface area (Å²) in [5.74, 6) is 0.456. The SMILES string of the molecule is O=C(c1c2c(nc3ccccc13)/C(=C/c1cccs1)CC2)N1CCC(C(=O)N2CCCCCC2)CC1. The molecule has 6 rings (SSSR count). The molecule has 2 aliphatic heterocycles. The molecule has 0 spiro atoms. The minimum absolute atomic E-state index is 0.0485. The van der Waals surface area contributed by atoms with Crippen molar-refractivity contribution in [2.45, 2.75) is 51.4 Å². The van der Waals surface area contributed by atoms with Crippen molar-refractivity contribution in [2.24, 2.45) is 5.92 Å². The van der Waals surface area contributed by atoms with Gasteiger partial charge in [0.1, 0.15) is 0 Å². The van der Waals surface area contributed by atoms with Gasteiger partial charge in [0.15, 0.2) is 0 Å². The van der Waals surface area contributed by atoms with Gasteiger partial charge in [-0.3, -0.25) is 9.59 Å². The molecule has 2 amide bonds. The Bertz CT molecular complexity index is 1300. The Kier molecular flexibility index (Phi) is 6.61. The number of carbonyl (C=O) groups is 2. The summed E-state index contributed by atoms with van der Waals surface area (Å²) >= 11 is 1.72. The molecule has 0 saturated carbocycles. The summed E-state index contributed by atoms with van der Waals surface area (Å²) in [5.41, 5.74) is 4.99. The first-order valence-electron chi connectivity index (χ1n) is 13.4. The summed E-state index contributed by atoms with van der Waals surface area (Å²) < 4.78 is 0. The standard InChI is InChI=1S/C30H33N3O2S/c34-29(32-15-5-1-2-6-16-32)21-13-17-33(18-14-21)30(35)27-24-9-3-4-10-26(24)31-28-22(11-12-25(27)28)20-23-8-7-19-36-23/h3-4,7-10,19-21H,1-2,5-6,11-18H2/b22-20+. The summed E-state index contributed by atoms with van der Waals surface area (Å²) in [6.07, 6.45) is 10.2. The van der Waals surface area contributed by atoms with E-state index in [1.165, 1.54) is 23.3 Å². The van der Waals surface area contributed by atoms with Crippen LogP contribution in [0.4, 0.5) is 0 Å². The smallest absolute Gasteiger partial charge is 0.254 e. The highest BCUT2D eigenvalue weighted by Gasteiger charge is 2.33. The predicted octanol–water partition coefficient (Wildman–Crippen LogP) is 6.04. The van der Waals surface area contributed by atoms with E-state index in [-0.39, 0.29) is 11.8 Å².